The van der Waals surface area contributed by atoms with Gasteiger partial charge in [0.15, 0.2) is 0 Å². The molecule has 0 spiro atoms. The molecule has 0 amide bonds. The van der Waals surface area contributed by atoms with Crippen LogP contribution in [0.2, 0.25) is 0 Å². The maximum atomic E-state index is 13.9. The summed E-state index contributed by atoms with van der Waals surface area (Å²) in [6.45, 7) is 0. The lowest BCUT2D eigenvalue weighted by Crippen LogP contribution is -2.22. The van der Waals surface area contributed by atoms with E-state index in [2.05, 4.69) is 0 Å². The van der Waals surface area contributed by atoms with E-state index in [4.69, 9.17) is 4.74 Å². The van der Waals surface area contributed by atoms with E-state index in [-0.39, 0.29) is 23.0 Å². The number of rotatable bonds is 3. The Balaban J connectivity index is 1.98. The summed E-state index contributed by atoms with van der Waals surface area (Å²) in [5.74, 6) is -3.39. The van der Waals surface area contributed by atoms with Crippen molar-refractivity contribution in [1.82, 2.24) is 0 Å². The molecule has 1 N–H and O–H groups in total. The van der Waals surface area contributed by atoms with Gasteiger partial charge in [-0.25, -0.2) is 8.78 Å². The maximum absolute atomic E-state index is 13.9. The molecule has 0 radical (unpaired) electrons. The van der Waals surface area contributed by atoms with Crippen LogP contribution >= 0.6 is 11.8 Å². The van der Waals surface area contributed by atoms with Crippen LogP contribution in [0.4, 0.5) is 22.0 Å². The molecule has 2 aliphatic carbocycles. The molecule has 2 nitrogen and oxygen atoms in total. The van der Waals surface area contributed by atoms with Gasteiger partial charge in [-0.15, -0.1) is 0 Å². The molecule has 0 saturated heterocycles. The number of aliphatic hydroxyl groups is 1. The van der Waals surface area contributed by atoms with Crippen LogP contribution in [0, 0.1) is 0 Å². The van der Waals surface area contributed by atoms with Crippen molar-refractivity contribution in [2.45, 2.75) is 54.2 Å². The smallest absolute Gasteiger partial charge is 0.446 e. The number of ether oxygens (including phenoxy) is 1. The summed E-state index contributed by atoms with van der Waals surface area (Å²) < 4.78 is 71.5. The van der Waals surface area contributed by atoms with Crippen molar-refractivity contribution >= 4 is 11.8 Å². The average molecular weight is 366 g/mol. The third-order valence-electron chi connectivity index (χ3n) is 4.07. The van der Waals surface area contributed by atoms with Gasteiger partial charge in [0.1, 0.15) is 18.0 Å². The Kier molecular flexibility index (Phi) is 4.55. The van der Waals surface area contributed by atoms with Gasteiger partial charge in [-0.2, -0.15) is 13.2 Å². The van der Waals surface area contributed by atoms with E-state index in [1.54, 1.807) is 0 Å². The van der Waals surface area contributed by atoms with Crippen molar-refractivity contribution in [3.8, 4) is 5.75 Å². The molecule has 0 saturated carbocycles. The number of benzene rings is 1. The number of hydrogen-bond donors (Lipinski definition) is 1. The summed E-state index contributed by atoms with van der Waals surface area (Å²) in [5.41, 5.74) is -5.04. The van der Waals surface area contributed by atoms with Crippen molar-refractivity contribution in [1.29, 1.82) is 0 Å². The molecule has 0 bridgehead atoms. The third kappa shape index (κ3) is 3.54. The summed E-state index contributed by atoms with van der Waals surface area (Å²) in [4.78, 5) is -0.409. The molecular weight excluding hydrogens is 351 g/mol. The van der Waals surface area contributed by atoms with Gasteiger partial charge < -0.3 is 9.84 Å². The van der Waals surface area contributed by atoms with E-state index in [1.807, 2.05) is 12.2 Å². The lowest BCUT2D eigenvalue weighted by atomic mass is 10.0. The van der Waals surface area contributed by atoms with Gasteiger partial charge >= 0.3 is 5.51 Å². The zero-order valence-electron chi connectivity index (χ0n) is 12.4. The van der Waals surface area contributed by atoms with E-state index in [1.165, 1.54) is 6.07 Å². The zero-order chi connectivity index (χ0) is 17.5. The fraction of sp³-hybridized carbons (Fsp3) is 0.500. The highest BCUT2D eigenvalue weighted by Gasteiger charge is 2.50. The van der Waals surface area contributed by atoms with E-state index in [9.17, 15) is 27.1 Å². The van der Waals surface area contributed by atoms with E-state index < -0.39 is 40.6 Å². The highest BCUT2D eigenvalue weighted by atomic mass is 32.2. The first-order valence-electron chi connectivity index (χ1n) is 7.48. The maximum Gasteiger partial charge on any atom is 0.446 e. The molecule has 0 aliphatic heterocycles. The second-order valence-electron chi connectivity index (χ2n) is 5.86. The van der Waals surface area contributed by atoms with Gasteiger partial charge in [-0.1, -0.05) is 6.08 Å². The first-order chi connectivity index (χ1) is 11.2. The van der Waals surface area contributed by atoms with Crippen molar-refractivity contribution in [2.75, 3.05) is 0 Å². The van der Waals surface area contributed by atoms with Crippen LogP contribution in [-0.4, -0.2) is 22.6 Å². The predicted octanol–water partition coefficient (Wildman–Crippen LogP) is 5.01. The summed E-state index contributed by atoms with van der Waals surface area (Å²) in [6.07, 6.45) is 2.87. The van der Waals surface area contributed by atoms with Gasteiger partial charge in [0.05, 0.1) is 0 Å². The topological polar surface area (TPSA) is 29.5 Å². The quantitative estimate of drug-likeness (QED) is 0.463. The molecule has 8 heteroatoms. The molecule has 24 heavy (non-hydrogen) atoms. The predicted molar refractivity (Wildman–Crippen MR) is 79.4 cm³/mol. The van der Waals surface area contributed by atoms with E-state index in [0.29, 0.717) is 6.42 Å². The summed E-state index contributed by atoms with van der Waals surface area (Å²) in [5, 5.41) is 9.82. The molecule has 0 fully saturated rings. The van der Waals surface area contributed by atoms with Crippen molar-refractivity contribution in [2.24, 2.45) is 0 Å². The van der Waals surface area contributed by atoms with E-state index in [0.717, 1.165) is 18.9 Å². The van der Waals surface area contributed by atoms with Crippen LogP contribution in [-0.2, 0) is 6.42 Å². The minimum Gasteiger partial charge on any atom is -0.486 e. The van der Waals surface area contributed by atoms with Gasteiger partial charge in [0, 0.05) is 22.4 Å². The summed E-state index contributed by atoms with van der Waals surface area (Å²) in [6, 6.07) is 2.37. The fourth-order valence-electron chi connectivity index (χ4n) is 3.02. The molecule has 1 aromatic carbocycles. The van der Waals surface area contributed by atoms with Crippen molar-refractivity contribution < 1.29 is 31.8 Å². The van der Waals surface area contributed by atoms with Crippen LogP contribution in [0.15, 0.2) is 29.2 Å². The Bertz CT molecular complexity index is 657. The van der Waals surface area contributed by atoms with E-state index >= 15 is 0 Å². The SMILES string of the molecule is OC1c2c(SC(F)(F)F)ccc(OC3C=CCCC3)c2CC1(F)F. The molecule has 0 heterocycles. The minimum absolute atomic E-state index is 0.0410. The Morgan fingerprint density at radius 1 is 1.25 bits per heavy atom. The number of aliphatic hydroxyl groups excluding tert-OH is 1. The molecule has 2 unspecified atom stereocenters. The fourth-order valence-corrected chi connectivity index (χ4v) is 3.75. The van der Waals surface area contributed by atoms with Gasteiger partial charge in [-0.3, -0.25) is 0 Å². The van der Waals surface area contributed by atoms with Crippen molar-refractivity contribution in [3.63, 3.8) is 0 Å². The molecule has 3 rings (SSSR count). The lowest BCUT2D eigenvalue weighted by molar-refractivity contribution is -0.0977. The minimum atomic E-state index is -4.63. The largest absolute Gasteiger partial charge is 0.486 e. The van der Waals surface area contributed by atoms with Gasteiger partial charge in [0.25, 0.3) is 5.92 Å². The molecule has 2 atom stereocenters. The number of halogens is 5. The highest BCUT2D eigenvalue weighted by Crippen LogP contribution is 2.52. The Hall–Kier alpha value is -1.28. The molecule has 132 valence electrons. The number of fused-ring (bicyclic) bond motifs is 1. The van der Waals surface area contributed by atoms with Gasteiger partial charge in [0.2, 0.25) is 0 Å². The third-order valence-corrected chi connectivity index (χ3v) is 4.88. The second-order valence-corrected chi connectivity index (χ2v) is 6.96. The first-order valence-corrected chi connectivity index (χ1v) is 8.30. The first kappa shape index (κ1) is 17.5. The van der Waals surface area contributed by atoms with Crippen molar-refractivity contribution in [3.05, 3.63) is 35.4 Å². The number of thioether (sulfide) groups is 1. The Morgan fingerprint density at radius 3 is 2.62 bits per heavy atom. The van der Waals surface area contributed by atoms with Crippen LogP contribution < -0.4 is 4.74 Å². The molecule has 2 aliphatic rings. The number of allylic oxidation sites excluding steroid dienone is 1. The van der Waals surface area contributed by atoms with Crippen LogP contribution in [0.1, 0.15) is 36.5 Å². The van der Waals surface area contributed by atoms with Gasteiger partial charge in [-0.05, 0) is 49.2 Å². The highest BCUT2D eigenvalue weighted by molar-refractivity contribution is 8.00. The standard InChI is InChI=1S/C16H15F5O2S/c17-15(18)8-10-11(23-9-4-2-1-3-5-9)6-7-12(13(10)14(15)22)24-16(19,20)21/h2,4,6-7,9,14,22H,1,3,5,8H2. The normalized spacial score (nSPS) is 25.6. The second kappa shape index (κ2) is 6.22. The van der Waals surface area contributed by atoms with Crippen LogP contribution in [0.5, 0.6) is 5.75 Å². The molecule has 1 aromatic rings. The molecular formula is C16H15F5O2S. The molecule has 0 aromatic heterocycles. The van der Waals surface area contributed by atoms with Crippen LogP contribution in [0.25, 0.3) is 0 Å². The average Bonchev–Trinajstić information content (AvgIpc) is 2.73. The Labute approximate surface area is 139 Å². The summed E-state index contributed by atoms with van der Waals surface area (Å²) in [7, 11) is 0. The Morgan fingerprint density at radius 2 is 2.00 bits per heavy atom. The number of alkyl halides is 5. The zero-order valence-corrected chi connectivity index (χ0v) is 13.3. The lowest BCUT2D eigenvalue weighted by Gasteiger charge is -2.21. The summed E-state index contributed by atoms with van der Waals surface area (Å²) >= 11 is -0.497. The monoisotopic (exact) mass is 366 g/mol. The number of hydrogen-bond acceptors (Lipinski definition) is 3. The van der Waals surface area contributed by atoms with Crippen LogP contribution in [0.3, 0.4) is 0 Å².